The molecule has 4 nitrogen and oxygen atoms in total. The van der Waals surface area contributed by atoms with E-state index >= 15 is 0 Å². The van der Waals surface area contributed by atoms with E-state index in [0.29, 0.717) is 6.61 Å². The van der Waals surface area contributed by atoms with Crippen molar-refractivity contribution in [1.29, 1.82) is 0 Å². The molecule has 2 rings (SSSR count). The van der Waals surface area contributed by atoms with Gasteiger partial charge in [-0.2, -0.15) is 5.10 Å². The number of nitrogens with one attached hydrogen (secondary N) is 1. The predicted molar refractivity (Wildman–Crippen MR) is 76.1 cm³/mol. The second kappa shape index (κ2) is 6.95. The normalized spacial score (nSPS) is 10.6. The fraction of sp³-hybridized carbons (Fsp3) is 0.400. The van der Waals surface area contributed by atoms with Gasteiger partial charge in [-0.25, -0.2) is 0 Å². The van der Waals surface area contributed by atoms with E-state index in [1.807, 2.05) is 35.3 Å². The molecule has 0 aliphatic carbocycles. The van der Waals surface area contributed by atoms with Gasteiger partial charge in [0, 0.05) is 30.4 Å². The Labute approximate surface area is 114 Å². The first-order chi connectivity index (χ1) is 9.33. The minimum atomic E-state index is 0.559. The Bertz CT molecular complexity index is 508. The summed E-state index contributed by atoms with van der Waals surface area (Å²) in [4.78, 5) is 0. The molecule has 0 atom stereocenters. The highest BCUT2D eigenvalue weighted by Crippen LogP contribution is 2.19. The molecule has 2 aromatic rings. The molecule has 0 fully saturated rings. The van der Waals surface area contributed by atoms with Gasteiger partial charge in [-0.3, -0.25) is 4.68 Å². The molecule has 1 aromatic heterocycles. The molecule has 1 aromatic carbocycles. The largest absolute Gasteiger partial charge is 0.488 e. The fourth-order valence-corrected chi connectivity index (χ4v) is 1.87. The van der Waals surface area contributed by atoms with E-state index in [0.717, 1.165) is 30.9 Å². The lowest BCUT2D eigenvalue weighted by atomic mass is 10.2. The second-order valence-electron chi connectivity index (χ2n) is 4.38. The maximum absolute atomic E-state index is 5.88. The van der Waals surface area contributed by atoms with E-state index in [1.54, 1.807) is 0 Å². The highest BCUT2D eigenvalue weighted by Gasteiger charge is 2.04. The molecule has 19 heavy (non-hydrogen) atoms. The van der Waals surface area contributed by atoms with Gasteiger partial charge in [-0.05, 0) is 19.5 Å². The number of para-hydroxylation sites is 1. The van der Waals surface area contributed by atoms with Crippen LogP contribution in [0.5, 0.6) is 5.75 Å². The third-order valence-corrected chi connectivity index (χ3v) is 2.94. The predicted octanol–water partition coefficient (Wildman–Crippen LogP) is 2.59. The average Bonchev–Trinajstić information content (AvgIpc) is 2.91. The highest BCUT2D eigenvalue weighted by atomic mass is 16.5. The van der Waals surface area contributed by atoms with Crippen molar-refractivity contribution < 1.29 is 4.74 Å². The molecular weight excluding hydrogens is 238 g/mol. The van der Waals surface area contributed by atoms with E-state index in [2.05, 4.69) is 30.3 Å². The lowest BCUT2D eigenvalue weighted by Gasteiger charge is -2.10. The van der Waals surface area contributed by atoms with Crippen LogP contribution >= 0.6 is 0 Å². The van der Waals surface area contributed by atoms with Gasteiger partial charge in [0.1, 0.15) is 12.4 Å². The molecule has 1 heterocycles. The van der Waals surface area contributed by atoms with Gasteiger partial charge >= 0.3 is 0 Å². The van der Waals surface area contributed by atoms with Crippen molar-refractivity contribution in [3.8, 4) is 5.75 Å². The van der Waals surface area contributed by atoms with Crippen LogP contribution in [-0.4, -0.2) is 16.3 Å². The summed E-state index contributed by atoms with van der Waals surface area (Å²) in [6, 6.07) is 8.14. The lowest BCUT2D eigenvalue weighted by Crippen LogP contribution is -2.12. The van der Waals surface area contributed by atoms with Crippen LogP contribution in [0.4, 0.5) is 0 Å². The van der Waals surface area contributed by atoms with Gasteiger partial charge in [0.05, 0.1) is 6.20 Å². The first kappa shape index (κ1) is 13.6. The van der Waals surface area contributed by atoms with Crippen molar-refractivity contribution in [3.05, 3.63) is 47.8 Å². The molecular formula is C15H21N3O. The SMILES string of the molecule is CCNCc1ccccc1OCc1cnn(CC)c1. The Kier molecular flexibility index (Phi) is 4.98. The van der Waals surface area contributed by atoms with Crippen LogP contribution < -0.4 is 10.1 Å². The summed E-state index contributed by atoms with van der Waals surface area (Å²) in [6.45, 7) is 7.41. The number of hydrogen-bond donors (Lipinski definition) is 1. The van der Waals surface area contributed by atoms with Gasteiger partial charge in [0.25, 0.3) is 0 Å². The summed E-state index contributed by atoms with van der Waals surface area (Å²) < 4.78 is 7.79. The first-order valence-electron chi connectivity index (χ1n) is 6.76. The van der Waals surface area contributed by atoms with E-state index < -0.39 is 0 Å². The molecule has 0 amide bonds. The van der Waals surface area contributed by atoms with Gasteiger partial charge in [0.2, 0.25) is 0 Å². The number of rotatable bonds is 7. The minimum absolute atomic E-state index is 0.559. The summed E-state index contributed by atoms with van der Waals surface area (Å²) in [5.74, 6) is 0.938. The van der Waals surface area contributed by atoms with Crippen molar-refractivity contribution in [2.45, 2.75) is 33.5 Å². The summed E-state index contributed by atoms with van der Waals surface area (Å²) >= 11 is 0. The lowest BCUT2D eigenvalue weighted by molar-refractivity contribution is 0.302. The van der Waals surface area contributed by atoms with E-state index in [1.165, 1.54) is 5.56 Å². The van der Waals surface area contributed by atoms with Crippen molar-refractivity contribution in [2.75, 3.05) is 6.54 Å². The smallest absolute Gasteiger partial charge is 0.124 e. The first-order valence-corrected chi connectivity index (χ1v) is 6.76. The number of nitrogens with zero attached hydrogens (tertiary/aromatic N) is 2. The van der Waals surface area contributed by atoms with Crippen LogP contribution in [0.1, 0.15) is 25.0 Å². The van der Waals surface area contributed by atoms with Crippen molar-refractivity contribution in [2.24, 2.45) is 0 Å². The second-order valence-corrected chi connectivity index (χ2v) is 4.38. The number of benzene rings is 1. The van der Waals surface area contributed by atoms with Gasteiger partial charge in [-0.15, -0.1) is 0 Å². The Morgan fingerprint density at radius 2 is 2.11 bits per heavy atom. The zero-order valence-corrected chi connectivity index (χ0v) is 11.6. The zero-order valence-electron chi connectivity index (χ0n) is 11.6. The summed E-state index contributed by atoms with van der Waals surface area (Å²) in [6.07, 6.45) is 3.88. The van der Waals surface area contributed by atoms with Gasteiger partial charge in [-0.1, -0.05) is 25.1 Å². The van der Waals surface area contributed by atoms with Crippen molar-refractivity contribution in [3.63, 3.8) is 0 Å². The van der Waals surface area contributed by atoms with E-state index in [-0.39, 0.29) is 0 Å². The Hall–Kier alpha value is -1.81. The molecule has 0 bridgehead atoms. The molecule has 4 heteroatoms. The van der Waals surface area contributed by atoms with Gasteiger partial charge < -0.3 is 10.1 Å². The summed E-state index contributed by atoms with van der Waals surface area (Å²) in [5.41, 5.74) is 2.28. The molecule has 1 N–H and O–H groups in total. The van der Waals surface area contributed by atoms with Crippen LogP contribution in [0.3, 0.4) is 0 Å². The number of aromatic nitrogens is 2. The topological polar surface area (TPSA) is 39.1 Å². The third-order valence-electron chi connectivity index (χ3n) is 2.94. The molecule has 0 spiro atoms. The van der Waals surface area contributed by atoms with Crippen LogP contribution in [0.2, 0.25) is 0 Å². The van der Waals surface area contributed by atoms with Crippen LogP contribution in [-0.2, 0) is 19.7 Å². The average molecular weight is 259 g/mol. The van der Waals surface area contributed by atoms with Crippen molar-refractivity contribution in [1.82, 2.24) is 15.1 Å². The maximum Gasteiger partial charge on any atom is 0.124 e. The molecule has 0 aliphatic rings. The molecule has 0 aliphatic heterocycles. The molecule has 0 saturated carbocycles. The standard InChI is InChI=1S/C15H21N3O/c1-3-16-10-14-7-5-6-8-15(14)19-12-13-9-17-18(4-2)11-13/h5-9,11,16H,3-4,10,12H2,1-2H3. The minimum Gasteiger partial charge on any atom is -0.488 e. The Morgan fingerprint density at radius 1 is 1.26 bits per heavy atom. The van der Waals surface area contributed by atoms with Crippen LogP contribution in [0.15, 0.2) is 36.7 Å². The van der Waals surface area contributed by atoms with Crippen LogP contribution in [0, 0.1) is 0 Å². The summed E-state index contributed by atoms with van der Waals surface area (Å²) in [5, 5.41) is 7.56. The Morgan fingerprint density at radius 3 is 2.84 bits per heavy atom. The fourth-order valence-electron chi connectivity index (χ4n) is 1.87. The quantitative estimate of drug-likeness (QED) is 0.830. The molecule has 0 saturated heterocycles. The third kappa shape index (κ3) is 3.83. The number of aryl methyl sites for hydroxylation is 1. The Balaban J connectivity index is 1.98. The molecule has 102 valence electrons. The van der Waals surface area contributed by atoms with E-state index in [9.17, 15) is 0 Å². The number of ether oxygens (including phenoxy) is 1. The van der Waals surface area contributed by atoms with Gasteiger partial charge in [0.15, 0.2) is 0 Å². The van der Waals surface area contributed by atoms with Crippen molar-refractivity contribution >= 4 is 0 Å². The highest BCUT2D eigenvalue weighted by molar-refractivity contribution is 5.33. The monoisotopic (exact) mass is 259 g/mol. The molecule has 0 unspecified atom stereocenters. The maximum atomic E-state index is 5.88. The molecule has 0 radical (unpaired) electrons. The number of hydrogen-bond acceptors (Lipinski definition) is 3. The zero-order chi connectivity index (χ0) is 13.5. The van der Waals surface area contributed by atoms with E-state index in [4.69, 9.17) is 4.74 Å². The van der Waals surface area contributed by atoms with Crippen LogP contribution in [0.25, 0.3) is 0 Å². The summed E-state index contributed by atoms with van der Waals surface area (Å²) in [7, 11) is 0.